The molecule has 1 amide bonds. The van der Waals surface area contributed by atoms with Crippen molar-refractivity contribution in [1.82, 2.24) is 4.90 Å². The van der Waals surface area contributed by atoms with Crippen molar-refractivity contribution in [3.63, 3.8) is 0 Å². The normalized spacial score (nSPS) is 24.2. The number of piperidine rings is 1. The molecule has 4 rings (SSSR count). The average Bonchev–Trinajstić information content (AvgIpc) is 2.91. The molecule has 2 bridgehead atoms. The van der Waals surface area contributed by atoms with Crippen molar-refractivity contribution in [2.45, 2.75) is 43.0 Å². The Morgan fingerprint density at radius 3 is 2.29 bits per heavy atom. The molecule has 0 aliphatic carbocycles. The van der Waals surface area contributed by atoms with Gasteiger partial charge >= 0.3 is 0 Å². The second-order valence-electron chi connectivity index (χ2n) is 7.60. The first-order chi connectivity index (χ1) is 13.3. The maximum Gasteiger partial charge on any atom is 0.254 e. The fraction of sp³-hybridized carbons (Fsp3) is 0.381. The number of hydrogen-bond donors (Lipinski definition) is 0. The number of sulfone groups is 1. The molecule has 2 saturated heterocycles. The highest BCUT2D eigenvalue weighted by Crippen LogP contribution is 2.39. The molecule has 2 aliphatic rings. The van der Waals surface area contributed by atoms with Crippen LogP contribution in [0.4, 0.5) is 4.39 Å². The van der Waals surface area contributed by atoms with Crippen LogP contribution < -0.4 is 4.74 Å². The van der Waals surface area contributed by atoms with Gasteiger partial charge in [-0.05, 0) is 68.1 Å². The highest BCUT2D eigenvalue weighted by atomic mass is 32.2. The van der Waals surface area contributed by atoms with Crippen molar-refractivity contribution in [1.29, 1.82) is 0 Å². The van der Waals surface area contributed by atoms with Crippen LogP contribution in [0.5, 0.6) is 11.5 Å². The predicted octanol–water partition coefficient (Wildman–Crippen LogP) is 3.80. The zero-order valence-electron chi connectivity index (χ0n) is 15.5. The molecule has 0 N–H and O–H groups in total. The molecule has 3 atom stereocenters. The molecule has 1 unspecified atom stereocenters. The van der Waals surface area contributed by atoms with Crippen LogP contribution in [-0.2, 0) is 9.84 Å². The van der Waals surface area contributed by atoms with Gasteiger partial charge in [0.2, 0.25) is 0 Å². The summed E-state index contributed by atoms with van der Waals surface area (Å²) in [7, 11) is -3.09. The van der Waals surface area contributed by atoms with Gasteiger partial charge in [0.05, 0.1) is 5.25 Å². The highest BCUT2D eigenvalue weighted by molar-refractivity contribution is 7.91. The number of amides is 1. The van der Waals surface area contributed by atoms with Crippen molar-refractivity contribution in [2.75, 3.05) is 6.26 Å². The third-order valence-corrected chi connectivity index (χ3v) is 7.26. The number of rotatable bonds is 4. The number of hydrogen-bond acceptors (Lipinski definition) is 4. The lowest BCUT2D eigenvalue weighted by atomic mass is 10.0. The van der Waals surface area contributed by atoms with Crippen molar-refractivity contribution < 1.29 is 22.3 Å². The van der Waals surface area contributed by atoms with Crippen molar-refractivity contribution in [2.24, 2.45) is 0 Å². The summed E-state index contributed by atoms with van der Waals surface area (Å²) in [5, 5.41) is -0.359. The van der Waals surface area contributed by atoms with E-state index in [0.717, 1.165) is 12.8 Å². The Morgan fingerprint density at radius 2 is 1.68 bits per heavy atom. The molecule has 2 heterocycles. The van der Waals surface area contributed by atoms with Crippen LogP contribution in [-0.4, -0.2) is 42.8 Å². The smallest absolute Gasteiger partial charge is 0.254 e. The van der Waals surface area contributed by atoms with E-state index in [1.165, 1.54) is 30.5 Å². The largest absolute Gasteiger partial charge is 0.457 e. The zero-order chi connectivity index (χ0) is 19.9. The molecule has 2 aromatic carbocycles. The molecule has 2 aliphatic heterocycles. The predicted molar refractivity (Wildman–Crippen MR) is 104 cm³/mol. The summed E-state index contributed by atoms with van der Waals surface area (Å²) in [4.78, 5) is 15.0. The first-order valence-corrected chi connectivity index (χ1v) is 11.3. The van der Waals surface area contributed by atoms with Crippen LogP contribution in [0, 0.1) is 5.82 Å². The molecule has 0 saturated carbocycles. The SMILES string of the molecule is CS(=O)(=O)C1C[C@H]2CC[C@@H](C1)N2C(=O)c1cccc(Oc2ccc(F)cc2)c1. The minimum Gasteiger partial charge on any atom is -0.457 e. The maximum absolute atomic E-state index is 13.1. The van der Waals surface area contributed by atoms with Crippen LogP contribution in [0.15, 0.2) is 48.5 Å². The Kier molecular flexibility index (Phi) is 4.87. The maximum atomic E-state index is 13.1. The quantitative estimate of drug-likeness (QED) is 0.779. The fourth-order valence-corrected chi connectivity index (χ4v) is 5.43. The van der Waals surface area contributed by atoms with Crippen molar-refractivity contribution in [3.8, 4) is 11.5 Å². The minimum atomic E-state index is -3.09. The number of ether oxygens (including phenoxy) is 1. The molecule has 0 spiro atoms. The summed E-state index contributed by atoms with van der Waals surface area (Å²) in [6.45, 7) is 0. The third kappa shape index (κ3) is 3.76. The Hall–Kier alpha value is -2.41. The molecular formula is C21H22FNO4S. The summed E-state index contributed by atoms with van der Waals surface area (Å²) < 4.78 is 42.7. The van der Waals surface area contributed by atoms with Gasteiger partial charge in [-0.25, -0.2) is 12.8 Å². The number of nitrogens with zero attached hydrogens (tertiary/aromatic N) is 1. The van der Waals surface area contributed by atoms with E-state index in [-0.39, 0.29) is 29.1 Å². The van der Waals surface area contributed by atoms with Gasteiger partial charge in [-0.3, -0.25) is 4.79 Å². The van der Waals surface area contributed by atoms with Crippen LogP contribution in [0.2, 0.25) is 0 Å². The summed E-state index contributed by atoms with van der Waals surface area (Å²) in [5.74, 6) is 0.545. The summed E-state index contributed by atoms with van der Waals surface area (Å²) in [6, 6.07) is 12.5. The summed E-state index contributed by atoms with van der Waals surface area (Å²) in [5.41, 5.74) is 0.509. The van der Waals surface area contributed by atoms with Gasteiger partial charge in [0.25, 0.3) is 5.91 Å². The van der Waals surface area contributed by atoms with Crippen LogP contribution in [0.3, 0.4) is 0 Å². The first kappa shape index (κ1) is 18.9. The Labute approximate surface area is 164 Å². The number of benzene rings is 2. The summed E-state index contributed by atoms with van der Waals surface area (Å²) in [6.07, 6.45) is 3.98. The van der Waals surface area contributed by atoms with E-state index in [1.807, 2.05) is 4.90 Å². The molecule has 2 aromatic rings. The van der Waals surface area contributed by atoms with Crippen LogP contribution in [0.25, 0.3) is 0 Å². The molecular weight excluding hydrogens is 381 g/mol. The lowest BCUT2D eigenvalue weighted by Gasteiger charge is -2.38. The van der Waals surface area contributed by atoms with Gasteiger partial charge in [-0.2, -0.15) is 0 Å². The van der Waals surface area contributed by atoms with Crippen molar-refractivity contribution >= 4 is 15.7 Å². The lowest BCUT2D eigenvalue weighted by Crippen LogP contribution is -2.49. The van der Waals surface area contributed by atoms with Crippen LogP contribution >= 0.6 is 0 Å². The van der Waals surface area contributed by atoms with Gasteiger partial charge in [0.1, 0.15) is 27.2 Å². The van der Waals surface area contributed by atoms with E-state index in [0.29, 0.717) is 29.9 Å². The number of carbonyl (C=O) groups is 1. The van der Waals surface area contributed by atoms with Crippen molar-refractivity contribution in [3.05, 3.63) is 59.9 Å². The minimum absolute atomic E-state index is 0.0346. The molecule has 2 fully saturated rings. The molecule has 148 valence electrons. The van der Waals surface area contributed by atoms with Gasteiger partial charge in [0, 0.05) is 23.9 Å². The molecule has 0 aromatic heterocycles. The number of carbonyl (C=O) groups excluding carboxylic acids is 1. The Balaban J connectivity index is 1.52. The number of halogens is 1. The second kappa shape index (κ2) is 7.20. The van der Waals surface area contributed by atoms with E-state index in [4.69, 9.17) is 4.74 Å². The van der Waals surface area contributed by atoms with Gasteiger partial charge in [0.15, 0.2) is 0 Å². The highest BCUT2D eigenvalue weighted by Gasteiger charge is 2.46. The fourth-order valence-electron chi connectivity index (χ4n) is 4.29. The Bertz CT molecular complexity index is 976. The third-order valence-electron chi connectivity index (χ3n) is 5.66. The van der Waals surface area contributed by atoms with E-state index >= 15 is 0 Å². The standard InChI is InChI=1S/C21H22FNO4S/c1-28(25,26)20-12-16-7-8-17(13-20)23(16)21(24)14-3-2-4-19(11-14)27-18-9-5-15(22)6-10-18/h2-6,9-11,16-17,20H,7-8,12-13H2,1H3/t16-,17+,20?. The monoisotopic (exact) mass is 403 g/mol. The molecule has 0 radical (unpaired) electrons. The first-order valence-electron chi connectivity index (χ1n) is 9.36. The van der Waals surface area contributed by atoms with Gasteiger partial charge in [-0.1, -0.05) is 6.07 Å². The average molecular weight is 403 g/mol. The van der Waals surface area contributed by atoms with E-state index in [2.05, 4.69) is 0 Å². The zero-order valence-corrected chi connectivity index (χ0v) is 16.4. The molecule has 5 nitrogen and oxygen atoms in total. The van der Waals surface area contributed by atoms with E-state index in [9.17, 15) is 17.6 Å². The van der Waals surface area contributed by atoms with Crippen LogP contribution in [0.1, 0.15) is 36.0 Å². The molecule has 28 heavy (non-hydrogen) atoms. The second-order valence-corrected chi connectivity index (χ2v) is 9.93. The van der Waals surface area contributed by atoms with E-state index in [1.54, 1.807) is 24.3 Å². The van der Waals surface area contributed by atoms with Gasteiger partial charge < -0.3 is 9.64 Å². The lowest BCUT2D eigenvalue weighted by molar-refractivity contribution is 0.0598. The molecule has 7 heteroatoms. The van der Waals surface area contributed by atoms with Gasteiger partial charge in [-0.15, -0.1) is 0 Å². The number of fused-ring (bicyclic) bond motifs is 2. The van der Waals surface area contributed by atoms with E-state index < -0.39 is 9.84 Å². The summed E-state index contributed by atoms with van der Waals surface area (Å²) >= 11 is 0. The topological polar surface area (TPSA) is 63.7 Å². The Morgan fingerprint density at radius 1 is 1.04 bits per heavy atom.